The van der Waals surface area contributed by atoms with Gasteiger partial charge in [0, 0.05) is 23.8 Å². The SMILES string of the molecule is CSC1CCC(NC(=O)CC(N)C(C)(C)C)C1. The Bertz CT molecular complexity index is 263. The Kier molecular flexibility index (Phi) is 5.32. The van der Waals surface area contributed by atoms with Crippen LogP contribution in [0.5, 0.6) is 0 Å². The van der Waals surface area contributed by atoms with Crippen LogP contribution in [0.25, 0.3) is 0 Å². The van der Waals surface area contributed by atoms with E-state index in [9.17, 15) is 4.79 Å². The molecule has 100 valence electrons. The van der Waals surface area contributed by atoms with Crippen LogP contribution in [-0.2, 0) is 4.79 Å². The van der Waals surface area contributed by atoms with Crippen LogP contribution >= 0.6 is 11.8 Å². The van der Waals surface area contributed by atoms with Gasteiger partial charge in [0.05, 0.1) is 0 Å². The molecule has 1 aliphatic rings. The first-order chi connectivity index (χ1) is 7.82. The molecule has 1 fully saturated rings. The maximum absolute atomic E-state index is 11.9. The van der Waals surface area contributed by atoms with Crippen molar-refractivity contribution in [2.24, 2.45) is 11.1 Å². The van der Waals surface area contributed by atoms with Gasteiger partial charge in [-0.2, -0.15) is 11.8 Å². The van der Waals surface area contributed by atoms with Crippen LogP contribution in [0.15, 0.2) is 0 Å². The van der Waals surface area contributed by atoms with Crippen LogP contribution in [0.3, 0.4) is 0 Å². The monoisotopic (exact) mass is 258 g/mol. The second-order valence-corrected chi connectivity index (χ2v) is 7.25. The van der Waals surface area contributed by atoms with E-state index in [0.29, 0.717) is 12.5 Å². The first-order valence-electron chi connectivity index (χ1n) is 6.40. The van der Waals surface area contributed by atoms with Crippen molar-refractivity contribution in [2.45, 2.75) is 63.8 Å². The fourth-order valence-corrected chi connectivity index (χ4v) is 2.87. The zero-order chi connectivity index (χ0) is 13.1. The van der Waals surface area contributed by atoms with E-state index in [-0.39, 0.29) is 17.4 Å². The van der Waals surface area contributed by atoms with E-state index in [0.717, 1.165) is 18.1 Å². The second-order valence-electron chi connectivity index (χ2n) is 6.11. The number of thioether (sulfide) groups is 1. The minimum absolute atomic E-state index is 0.00514. The van der Waals surface area contributed by atoms with Gasteiger partial charge in [-0.3, -0.25) is 4.79 Å². The van der Waals surface area contributed by atoms with Gasteiger partial charge in [0.15, 0.2) is 0 Å². The van der Waals surface area contributed by atoms with Crippen LogP contribution in [0.4, 0.5) is 0 Å². The summed E-state index contributed by atoms with van der Waals surface area (Å²) in [6, 6.07) is 0.298. The molecule has 0 aliphatic heterocycles. The predicted octanol–water partition coefficient (Wildman–Crippen LogP) is 2.15. The van der Waals surface area contributed by atoms with Gasteiger partial charge in [-0.1, -0.05) is 20.8 Å². The van der Waals surface area contributed by atoms with E-state index in [1.807, 2.05) is 11.8 Å². The van der Waals surface area contributed by atoms with Crippen LogP contribution in [0, 0.1) is 5.41 Å². The summed E-state index contributed by atoms with van der Waals surface area (Å²) in [7, 11) is 0. The van der Waals surface area contributed by atoms with Gasteiger partial charge in [-0.05, 0) is 30.9 Å². The van der Waals surface area contributed by atoms with Gasteiger partial charge in [0.25, 0.3) is 0 Å². The fraction of sp³-hybridized carbons (Fsp3) is 0.923. The number of carbonyl (C=O) groups is 1. The molecular weight excluding hydrogens is 232 g/mol. The summed E-state index contributed by atoms with van der Waals surface area (Å²) < 4.78 is 0. The van der Waals surface area contributed by atoms with E-state index in [2.05, 4.69) is 32.3 Å². The minimum Gasteiger partial charge on any atom is -0.353 e. The van der Waals surface area contributed by atoms with E-state index >= 15 is 0 Å². The van der Waals surface area contributed by atoms with Gasteiger partial charge >= 0.3 is 0 Å². The van der Waals surface area contributed by atoms with E-state index in [4.69, 9.17) is 5.73 Å². The van der Waals surface area contributed by atoms with Crippen molar-refractivity contribution < 1.29 is 4.79 Å². The zero-order valence-electron chi connectivity index (χ0n) is 11.5. The third-order valence-electron chi connectivity index (χ3n) is 3.60. The normalized spacial score (nSPS) is 26.9. The zero-order valence-corrected chi connectivity index (χ0v) is 12.3. The van der Waals surface area contributed by atoms with Crippen molar-refractivity contribution >= 4 is 17.7 Å². The Morgan fingerprint density at radius 2 is 2.12 bits per heavy atom. The lowest BCUT2D eigenvalue weighted by molar-refractivity contribution is -0.122. The lowest BCUT2D eigenvalue weighted by Gasteiger charge is -2.27. The number of amides is 1. The predicted molar refractivity (Wildman–Crippen MR) is 75.1 cm³/mol. The molecule has 17 heavy (non-hydrogen) atoms. The molecule has 0 bridgehead atoms. The average Bonchev–Trinajstić information content (AvgIpc) is 2.63. The number of rotatable bonds is 4. The number of hydrogen-bond donors (Lipinski definition) is 2. The molecule has 1 saturated carbocycles. The Labute approximate surface area is 109 Å². The lowest BCUT2D eigenvalue weighted by atomic mass is 9.85. The summed E-state index contributed by atoms with van der Waals surface area (Å²) in [6.07, 6.45) is 6.02. The highest BCUT2D eigenvalue weighted by atomic mass is 32.2. The summed E-state index contributed by atoms with van der Waals surface area (Å²) in [6.45, 7) is 6.22. The molecule has 0 spiro atoms. The topological polar surface area (TPSA) is 55.1 Å². The first-order valence-corrected chi connectivity index (χ1v) is 7.69. The van der Waals surface area contributed by atoms with Crippen LogP contribution in [0.1, 0.15) is 46.5 Å². The van der Waals surface area contributed by atoms with E-state index < -0.39 is 0 Å². The Balaban J connectivity index is 2.31. The molecular formula is C13H26N2OS. The Morgan fingerprint density at radius 1 is 1.47 bits per heavy atom. The van der Waals surface area contributed by atoms with Gasteiger partial charge < -0.3 is 11.1 Å². The van der Waals surface area contributed by atoms with Gasteiger partial charge in [-0.25, -0.2) is 0 Å². The van der Waals surface area contributed by atoms with Crippen LogP contribution < -0.4 is 11.1 Å². The smallest absolute Gasteiger partial charge is 0.221 e. The van der Waals surface area contributed by atoms with Crippen LogP contribution in [-0.4, -0.2) is 29.5 Å². The van der Waals surface area contributed by atoms with Crippen molar-refractivity contribution in [1.29, 1.82) is 0 Å². The standard InChI is InChI=1S/C13H26N2OS/c1-13(2,3)11(14)8-12(16)15-9-5-6-10(7-9)17-4/h9-11H,5-8,14H2,1-4H3,(H,15,16). The lowest BCUT2D eigenvalue weighted by Crippen LogP contribution is -2.42. The van der Waals surface area contributed by atoms with Crippen molar-refractivity contribution in [1.82, 2.24) is 5.32 Å². The third kappa shape index (κ3) is 4.88. The van der Waals surface area contributed by atoms with Gasteiger partial charge in [-0.15, -0.1) is 0 Å². The van der Waals surface area contributed by atoms with Crippen molar-refractivity contribution in [3.05, 3.63) is 0 Å². The molecule has 0 saturated heterocycles. The molecule has 3 N–H and O–H groups in total. The average molecular weight is 258 g/mol. The molecule has 3 nitrogen and oxygen atoms in total. The number of hydrogen-bond acceptors (Lipinski definition) is 3. The van der Waals surface area contributed by atoms with Crippen LogP contribution in [0.2, 0.25) is 0 Å². The molecule has 0 aromatic carbocycles. The molecule has 0 radical (unpaired) electrons. The maximum Gasteiger partial charge on any atom is 0.221 e. The first kappa shape index (κ1) is 14.8. The third-order valence-corrected chi connectivity index (χ3v) is 4.70. The molecule has 1 rings (SSSR count). The summed E-state index contributed by atoms with van der Waals surface area (Å²) in [5.74, 6) is 0.110. The highest BCUT2D eigenvalue weighted by Crippen LogP contribution is 2.28. The van der Waals surface area contributed by atoms with E-state index in [1.165, 1.54) is 6.42 Å². The molecule has 3 unspecified atom stereocenters. The molecule has 1 aliphatic carbocycles. The fourth-order valence-electron chi connectivity index (χ4n) is 2.08. The Hall–Kier alpha value is -0.220. The largest absolute Gasteiger partial charge is 0.353 e. The van der Waals surface area contributed by atoms with Gasteiger partial charge in [0.2, 0.25) is 5.91 Å². The number of carbonyl (C=O) groups excluding carboxylic acids is 1. The molecule has 4 heteroatoms. The molecule has 0 aromatic rings. The van der Waals surface area contributed by atoms with Crippen molar-refractivity contribution in [3.8, 4) is 0 Å². The van der Waals surface area contributed by atoms with Crippen molar-refractivity contribution in [3.63, 3.8) is 0 Å². The van der Waals surface area contributed by atoms with E-state index in [1.54, 1.807) is 0 Å². The highest BCUT2D eigenvalue weighted by molar-refractivity contribution is 7.99. The summed E-state index contributed by atoms with van der Waals surface area (Å²) in [5.41, 5.74) is 6.01. The maximum atomic E-state index is 11.9. The summed E-state index contributed by atoms with van der Waals surface area (Å²) in [4.78, 5) is 11.9. The van der Waals surface area contributed by atoms with Gasteiger partial charge in [0.1, 0.15) is 0 Å². The molecule has 3 atom stereocenters. The van der Waals surface area contributed by atoms with Crippen molar-refractivity contribution in [2.75, 3.05) is 6.26 Å². The minimum atomic E-state index is -0.0692. The molecule has 0 heterocycles. The number of nitrogens with one attached hydrogen (secondary N) is 1. The Morgan fingerprint density at radius 3 is 2.59 bits per heavy atom. The molecule has 0 aromatic heterocycles. The molecule has 1 amide bonds. The summed E-state index contributed by atoms with van der Waals surface area (Å²) >= 11 is 1.91. The highest BCUT2D eigenvalue weighted by Gasteiger charge is 2.27. The second kappa shape index (κ2) is 6.10. The summed E-state index contributed by atoms with van der Waals surface area (Å²) in [5, 5.41) is 3.83. The quantitative estimate of drug-likeness (QED) is 0.812. The number of nitrogens with two attached hydrogens (primary N) is 1.